The van der Waals surface area contributed by atoms with Gasteiger partial charge in [-0.3, -0.25) is 4.79 Å². The van der Waals surface area contributed by atoms with Crippen molar-refractivity contribution in [1.82, 2.24) is 13.9 Å². The summed E-state index contributed by atoms with van der Waals surface area (Å²) in [6.07, 6.45) is 0.776. The summed E-state index contributed by atoms with van der Waals surface area (Å²) in [5.74, 6) is -1.29. The van der Waals surface area contributed by atoms with E-state index in [4.69, 9.17) is 4.74 Å². The summed E-state index contributed by atoms with van der Waals surface area (Å²) < 4.78 is 35.3. The molecule has 9 nitrogen and oxygen atoms in total. The molecule has 0 radical (unpaired) electrons. The molecular weight excluding hydrogens is 404 g/mol. The third-order valence-corrected chi connectivity index (χ3v) is 6.95. The van der Waals surface area contributed by atoms with Crippen LogP contribution in [0.1, 0.15) is 30.3 Å². The van der Waals surface area contributed by atoms with E-state index in [1.54, 1.807) is 37.3 Å². The van der Waals surface area contributed by atoms with Crippen molar-refractivity contribution in [3.05, 3.63) is 36.0 Å². The quantitative estimate of drug-likeness (QED) is 0.702. The average molecular weight is 425 g/mol. The summed E-state index contributed by atoms with van der Waals surface area (Å²) in [6.45, 7) is 2.37. The number of carbonyl (C=O) groups is 2. The molecule has 0 aliphatic carbocycles. The van der Waals surface area contributed by atoms with Crippen molar-refractivity contribution in [2.24, 2.45) is 5.92 Å². The lowest BCUT2D eigenvalue weighted by molar-refractivity contribution is -0.120. The van der Waals surface area contributed by atoms with Crippen LogP contribution in [0.15, 0.2) is 35.2 Å². The van der Waals surface area contributed by atoms with Gasteiger partial charge in [0.15, 0.2) is 5.00 Å². The van der Waals surface area contributed by atoms with Crippen LogP contribution in [0.4, 0.5) is 5.00 Å². The van der Waals surface area contributed by atoms with Gasteiger partial charge in [-0.15, -0.1) is 5.10 Å². The Bertz CT molecular complexity index is 937. The van der Waals surface area contributed by atoms with Gasteiger partial charge in [0.1, 0.15) is 0 Å². The lowest BCUT2D eigenvalue weighted by atomic mass is 9.97. The molecular formula is C17H20N4O5S2. The van der Waals surface area contributed by atoms with Crippen molar-refractivity contribution in [3.63, 3.8) is 0 Å². The van der Waals surface area contributed by atoms with Crippen molar-refractivity contribution in [2.45, 2.75) is 24.7 Å². The van der Waals surface area contributed by atoms with Crippen LogP contribution in [0.3, 0.4) is 0 Å². The molecule has 0 saturated carbocycles. The molecule has 0 bridgehead atoms. The summed E-state index contributed by atoms with van der Waals surface area (Å²) in [5.41, 5.74) is -0.0238. The highest BCUT2D eigenvalue weighted by Crippen LogP contribution is 2.26. The highest BCUT2D eigenvalue weighted by molar-refractivity contribution is 7.89. The molecule has 1 amide bonds. The zero-order valence-electron chi connectivity index (χ0n) is 15.2. The Balaban J connectivity index is 1.61. The van der Waals surface area contributed by atoms with Crippen LogP contribution in [0.25, 0.3) is 0 Å². The summed E-state index contributed by atoms with van der Waals surface area (Å²) in [5, 5.41) is 6.61. The van der Waals surface area contributed by atoms with Gasteiger partial charge in [-0.2, -0.15) is 4.31 Å². The SMILES string of the molecule is CCOC(=O)c1nnsc1NC(=O)C1CCN(S(=O)(=O)c2ccccc2)CC1. The number of hydrogen-bond acceptors (Lipinski definition) is 8. The summed E-state index contributed by atoms with van der Waals surface area (Å²) in [6, 6.07) is 8.23. The predicted octanol–water partition coefficient (Wildman–Crippen LogP) is 1.75. The van der Waals surface area contributed by atoms with E-state index in [1.807, 2.05) is 0 Å². The van der Waals surface area contributed by atoms with Crippen LogP contribution in [0.2, 0.25) is 0 Å². The zero-order valence-corrected chi connectivity index (χ0v) is 16.8. The number of sulfonamides is 1. The summed E-state index contributed by atoms with van der Waals surface area (Å²) in [4.78, 5) is 24.6. The Kier molecular flexibility index (Phi) is 6.37. The molecule has 1 aliphatic rings. The van der Waals surface area contributed by atoms with E-state index in [9.17, 15) is 18.0 Å². The number of nitrogens with zero attached hydrogens (tertiary/aromatic N) is 3. The van der Waals surface area contributed by atoms with Crippen LogP contribution in [0, 0.1) is 5.92 Å². The number of benzene rings is 1. The van der Waals surface area contributed by atoms with E-state index in [1.165, 1.54) is 4.31 Å². The molecule has 0 atom stereocenters. The number of piperidine rings is 1. The van der Waals surface area contributed by atoms with Crippen LogP contribution in [-0.4, -0.2) is 53.9 Å². The Morgan fingerprint density at radius 1 is 1.25 bits per heavy atom. The van der Waals surface area contributed by atoms with Gasteiger partial charge >= 0.3 is 5.97 Å². The molecule has 1 aliphatic heterocycles. The molecule has 150 valence electrons. The fraction of sp³-hybridized carbons (Fsp3) is 0.412. The maximum Gasteiger partial charge on any atom is 0.362 e. The second-order valence-corrected chi connectivity index (χ2v) is 8.84. The number of carbonyl (C=O) groups excluding carboxylic acids is 2. The monoisotopic (exact) mass is 424 g/mol. The number of anilines is 1. The Morgan fingerprint density at radius 3 is 2.57 bits per heavy atom. The molecule has 3 rings (SSSR count). The molecule has 28 heavy (non-hydrogen) atoms. The second kappa shape index (κ2) is 8.76. The molecule has 0 unspecified atom stereocenters. The topological polar surface area (TPSA) is 119 Å². The van der Waals surface area contributed by atoms with E-state index in [0.717, 1.165) is 11.5 Å². The number of amides is 1. The maximum atomic E-state index is 12.7. The summed E-state index contributed by atoms with van der Waals surface area (Å²) in [7, 11) is -3.56. The van der Waals surface area contributed by atoms with Gasteiger partial charge in [-0.25, -0.2) is 13.2 Å². The first kappa shape index (κ1) is 20.4. The van der Waals surface area contributed by atoms with Gasteiger partial charge < -0.3 is 10.1 Å². The molecule has 2 heterocycles. The molecule has 1 aromatic carbocycles. The number of nitrogens with one attached hydrogen (secondary N) is 1. The standard InChI is InChI=1S/C17H20N4O5S2/c1-2-26-17(23)14-16(27-20-19-14)18-15(22)12-8-10-21(11-9-12)28(24,25)13-6-4-3-5-7-13/h3-7,12H,2,8-11H2,1H3,(H,18,22). The molecule has 1 N–H and O–H groups in total. The fourth-order valence-electron chi connectivity index (χ4n) is 2.92. The van der Waals surface area contributed by atoms with Gasteiger partial charge in [0, 0.05) is 30.5 Å². The van der Waals surface area contributed by atoms with E-state index in [-0.39, 0.29) is 47.1 Å². The predicted molar refractivity (Wildman–Crippen MR) is 102 cm³/mol. The maximum absolute atomic E-state index is 12.7. The third kappa shape index (κ3) is 4.37. The normalized spacial score (nSPS) is 15.9. The molecule has 1 fully saturated rings. The van der Waals surface area contributed by atoms with E-state index >= 15 is 0 Å². The smallest absolute Gasteiger partial charge is 0.362 e. The lowest BCUT2D eigenvalue weighted by Gasteiger charge is -2.30. The number of ether oxygens (including phenoxy) is 1. The van der Waals surface area contributed by atoms with Crippen LogP contribution in [0.5, 0.6) is 0 Å². The highest BCUT2D eigenvalue weighted by Gasteiger charge is 2.32. The Morgan fingerprint density at radius 2 is 1.93 bits per heavy atom. The minimum absolute atomic E-state index is 0.0238. The molecule has 2 aromatic rings. The molecule has 1 aromatic heterocycles. The van der Waals surface area contributed by atoms with Crippen LogP contribution >= 0.6 is 11.5 Å². The zero-order chi connectivity index (χ0) is 20.1. The summed E-state index contributed by atoms with van der Waals surface area (Å²) >= 11 is 0.898. The van der Waals surface area contributed by atoms with E-state index in [2.05, 4.69) is 14.9 Å². The van der Waals surface area contributed by atoms with Gasteiger partial charge in [0.25, 0.3) is 0 Å². The Hall–Kier alpha value is -2.37. The van der Waals surface area contributed by atoms with Crippen molar-refractivity contribution < 1.29 is 22.7 Å². The van der Waals surface area contributed by atoms with Crippen molar-refractivity contribution in [3.8, 4) is 0 Å². The van der Waals surface area contributed by atoms with Gasteiger partial charge in [-0.05, 0) is 31.9 Å². The number of rotatable bonds is 6. The number of esters is 1. The van der Waals surface area contributed by atoms with Gasteiger partial charge in [0.05, 0.1) is 11.5 Å². The Labute approximate surface area is 166 Å². The second-order valence-electron chi connectivity index (χ2n) is 6.15. The largest absolute Gasteiger partial charge is 0.461 e. The number of hydrogen-bond donors (Lipinski definition) is 1. The molecule has 1 saturated heterocycles. The van der Waals surface area contributed by atoms with Gasteiger partial charge in [0.2, 0.25) is 21.6 Å². The van der Waals surface area contributed by atoms with Gasteiger partial charge in [-0.1, -0.05) is 22.7 Å². The fourth-order valence-corrected chi connectivity index (χ4v) is 4.97. The average Bonchev–Trinajstić information content (AvgIpc) is 3.17. The first-order valence-corrected chi connectivity index (χ1v) is 11.0. The van der Waals surface area contributed by atoms with Crippen molar-refractivity contribution >= 4 is 38.4 Å². The third-order valence-electron chi connectivity index (χ3n) is 4.40. The molecule has 11 heteroatoms. The minimum Gasteiger partial charge on any atom is -0.461 e. The van der Waals surface area contributed by atoms with Crippen molar-refractivity contribution in [1.29, 1.82) is 0 Å². The van der Waals surface area contributed by atoms with Crippen LogP contribution < -0.4 is 5.32 Å². The highest BCUT2D eigenvalue weighted by atomic mass is 32.2. The first-order valence-electron chi connectivity index (χ1n) is 8.79. The van der Waals surface area contributed by atoms with Crippen molar-refractivity contribution in [2.75, 3.05) is 25.0 Å². The van der Waals surface area contributed by atoms with E-state index in [0.29, 0.717) is 12.8 Å². The van der Waals surface area contributed by atoms with E-state index < -0.39 is 16.0 Å². The lowest BCUT2D eigenvalue weighted by Crippen LogP contribution is -2.41. The molecule has 0 spiro atoms. The first-order chi connectivity index (χ1) is 13.4. The minimum atomic E-state index is -3.56. The number of aromatic nitrogens is 2. The van der Waals surface area contributed by atoms with Crippen LogP contribution in [-0.2, 0) is 19.6 Å².